The molecule has 0 unspecified atom stereocenters. The summed E-state index contributed by atoms with van der Waals surface area (Å²) in [6.45, 7) is 2.28. The fourth-order valence-electron chi connectivity index (χ4n) is 3.07. The van der Waals surface area contributed by atoms with E-state index < -0.39 is 6.04 Å². The molecule has 3 heterocycles. The van der Waals surface area contributed by atoms with E-state index in [2.05, 4.69) is 15.4 Å². The minimum Gasteiger partial charge on any atom is -0.353 e. The van der Waals surface area contributed by atoms with E-state index in [9.17, 15) is 4.79 Å². The number of aromatic nitrogens is 4. The molecule has 1 aromatic carbocycles. The maximum atomic E-state index is 12.8. The number of amides is 1. The van der Waals surface area contributed by atoms with Gasteiger partial charge in [0.1, 0.15) is 6.04 Å². The number of likely N-dealkylation sites (N-methyl/N-ethyl adjacent to an activating group) is 1. The summed E-state index contributed by atoms with van der Waals surface area (Å²) in [6, 6.07) is 11.4. The van der Waals surface area contributed by atoms with Crippen molar-refractivity contribution in [3.05, 3.63) is 53.5 Å². The average Bonchev–Trinajstić information content (AvgIpc) is 3.18. The third kappa shape index (κ3) is 2.38. The Morgan fingerprint density at radius 3 is 2.75 bits per heavy atom. The van der Waals surface area contributed by atoms with Crippen LogP contribution in [0.2, 0.25) is 0 Å². The van der Waals surface area contributed by atoms with Crippen LogP contribution >= 0.6 is 0 Å². The van der Waals surface area contributed by atoms with Crippen LogP contribution in [0.1, 0.15) is 23.1 Å². The van der Waals surface area contributed by atoms with E-state index in [0.717, 1.165) is 17.1 Å². The fraction of sp³-hybridized carbons (Fsp3) is 0.294. The molecule has 0 fully saturated rings. The van der Waals surface area contributed by atoms with Crippen LogP contribution in [0.4, 0.5) is 0 Å². The molecular formula is C17H17N5O2. The predicted molar refractivity (Wildman–Crippen MR) is 85.9 cm³/mol. The summed E-state index contributed by atoms with van der Waals surface area (Å²) in [6.07, 6.45) is 0.579. The van der Waals surface area contributed by atoms with Gasteiger partial charge in [-0.15, -0.1) is 10.2 Å². The van der Waals surface area contributed by atoms with Gasteiger partial charge in [0.15, 0.2) is 5.82 Å². The van der Waals surface area contributed by atoms with Gasteiger partial charge in [0.25, 0.3) is 0 Å². The van der Waals surface area contributed by atoms with Crippen molar-refractivity contribution in [1.29, 1.82) is 0 Å². The minimum absolute atomic E-state index is 0.0450. The second kappa shape index (κ2) is 5.59. The van der Waals surface area contributed by atoms with Crippen molar-refractivity contribution in [1.82, 2.24) is 24.8 Å². The molecule has 1 aliphatic rings. The highest BCUT2D eigenvalue weighted by Crippen LogP contribution is 2.30. The number of rotatable bonds is 3. The molecule has 3 aromatic rings. The van der Waals surface area contributed by atoms with Gasteiger partial charge < -0.3 is 9.42 Å². The molecule has 2 aromatic heterocycles. The Balaban J connectivity index is 1.80. The van der Waals surface area contributed by atoms with Gasteiger partial charge in [-0.3, -0.25) is 9.36 Å². The smallest absolute Gasteiger partial charge is 0.246 e. The van der Waals surface area contributed by atoms with E-state index in [4.69, 9.17) is 4.52 Å². The molecule has 0 saturated heterocycles. The van der Waals surface area contributed by atoms with Gasteiger partial charge in [-0.05, 0) is 12.5 Å². The first-order chi connectivity index (χ1) is 11.6. The van der Waals surface area contributed by atoms with E-state index in [-0.39, 0.29) is 5.91 Å². The molecule has 0 radical (unpaired) electrons. The van der Waals surface area contributed by atoms with Gasteiger partial charge in [0.2, 0.25) is 17.5 Å². The topological polar surface area (TPSA) is 77.0 Å². The molecule has 0 bridgehead atoms. The number of carbonyl (C=O) groups excluding carboxylic acids is 1. The van der Waals surface area contributed by atoms with E-state index in [1.165, 1.54) is 0 Å². The zero-order chi connectivity index (χ0) is 16.7. The summed E-state index contributed by atoms with van der Waals surface area (Å²) in [5.41, 5.74) is 1.85. The first-order valence-corrected chi connectivity index (χ1v) is 7.80. The number of aryl methyl sites for hydroxylation is 1. The van der Waals surface area contributed by atoms with Gasteiger partial charge in [-0.25, -0.2) is 0 Å². The van der Waals surface area contributed by atoms with Crippen LogP contribution in [0, 0.1) is 6.92 Å². The van der Waals surface area contributed by atoms with Crippen LogP contribution in [0.5, 0.6) is 0 Å². The van der Waals surface area contributed by atoms with E-state index >= 15 is 0 Å². The SMILES string of the molecule is Cc1cc(-c2nnc3n2[C@H](Cc2ccccc2)C(=O)N(C)C3)on1. The molecule has 0 spiro atoms. The Morgan fingerprint density at radius 1 is 1.25 bits per heavy atom. The molecule has 1 atom stereocenters. The van der Waals surface area contributed by atoms with Crippen LogP contribution in [0.15, 0.2) is 40.9 Å². The molecule has 0 N–H and O–H groups in total. The average molecular weight is 323 g/mol. The Kier molecular flexibility index (Phi) is 3.41. The third-order valence-corrected chi connectivity index (χ3v) is 4.24. The molecule has 4 rings (SSSR count). The Labute approximate surface area is 138 Å². The normalized spacial score (nSPS) is 17.2. The fourth-order valence-corrected chi connectivity index (χ4v) is 3.07. The van der Waals surface area contributed by atoms with Crippen LogP contribution in [-0.2, 0) is 17.8 Å². The lowest BCUT2D eigenvalue weighted by molar-refractivity contribution is -0.135. The summed E-state index contributed by atoms with van der Waals surface area (Å²) in [5, 5.41) is 12.4. The van der Waals surface area contributed by atoms with Gasteiger partial charge >= 0.3 is 0 Å². The lowest BCUT2D eigenvalue weighted by Crippen LogP contribution is -2.41. The quantitative estimate of drug-likeness (QED) is 0.737. The van der Waals surface area contributed by atoms with Gasteiger partial charge in [0.05, 0.1) is 12.2 Å². The number of carbonyl (C=O) groups is 1. The van der Waals surface area contributed by atoms with Crippen molar-refractivity contribution >= 4 is 5.91 Å². The second-order valence-corrected chi connectivity index (χ2v) is 6.04. The maximum Gasteiger partial charge on any atom is 0.246 e. The van der Waals surface area contributed by atoms with Crippen molar-refractivity contribution in [3.63, 3.8) is 0 Å². The molecule has 1 amide bonds. The highest BCUT2D eigenvalue weighted by Gasteiger charge is 2.35. The van der Waals surface area contributed by atoms with Crippen molar-refractivity contribution < 1.29 is 9.32 Å². The summed E-state index contributed by atoms with van der Waals surface area (Å²) in [7, 11) is 1.79. The Hall–Kier alpha value is -2.96. The van der Waals surface area contributed by atoms with Crippen molar-refractivity contribution in [2.24, 2.45) is 0 Å². The molecule has 0 aliphatic carbocycles. The maximum absolute atomic E-state index is 12.8. The molecule has 7 heteroatoms. The summed E-state index contributed by atoms with van der Waals surface area (Å²) in [5.74, 6) is 1.88. The van der Waals surface area contributed by atoms with E-state index in [1.54, 1.807) is 18.0 Å². The Bertz CT molecular complexity index is 884. The summed E-state index contributed by atoms with van der Waals surface area (Å²) >= 11 is 0. The van der Waals surface area contributed by atoms with Gasteiger partial charge in [0, 0.05) is 19.5 Å². The van der Waals surface area contributed by atoms with Crippen molar-refractivity contribution in [2.45, 2.75) is 25.9 Å². The first kappa shape index (κ1) is 14.6. The zero-order valence-electron chi connectivity index (χ0n) is 13.5. The lowest BCUT2D eigenvalue weighted by Gasteiger charge is -2.31. The number of benzene rings is 1. The molecule has 24 heavy (non-hydrogen) atoms. The molecule has 122 valence electrons. The largest absolute Gasteiger partial charge is 0.353 e. The zero-order valence-corrected chi connectivity index (χ0v) is 13.5. The van der Waals surface area contributed by atoms with Crippen LogP contribution < -0.4 is 0 Å². The highest BCUT2D eigenvalue weighted by molar-refractivity contribution is 5.82. The second-order valence-electron chi connectivity index (χ2n) is 6.04. The highest BCUT2D eigenvalue weighted by atomic mass is 16.5. The number of nitrogens with zero attached hydrogens (tertiary/aromatic N) is 5. The Morgan fingerprint density at radius 2 is 2.04 bits per heavy atom. The van der Waals surface area contributed by atoms with Gasteiger partial charge in [-0.2, -0.15) is 0 Å². The summed E-state index contributed by atoms with van der Waals surface area (Å²) in [4.78, 5) is 14.5. The number of hydrogen-bond donors (Lipinski definition) is 0. The molecular weight excluding hydrogens is 306 g/mol. The lowest BCUT2D eigenvalue weighted by atomic mass is 10.0. The molecule has 0 saturated carbocycles. The van der Waals surface area contributed by atoms with Crippen LogP contribution in [0.3, 0.4) is 0 Å². The third-order valence-electron chi connectivity index (χ3n) is 4.24. The van der Waals surface area contributed by atoms with Crippen LogP contribution in [0.25, 0.3) is 11.6 Å². The monoisotopic (exact) mass is 323 g/mol. The van der Waals surface area contributed by atoms with E-state index in [0.29, 0.717) is 24.6 Å². The minimum atomic E-state index is -0.392. The summed E-state index contributed by atoms with van der Waals surface area (Å²) < 4.78 is 7.22. The van der Waals surface area contributed by atoms with Crippen LogP contribution in [-0.4, -0.2) is 37.8 Å². The molecule has 7 nitrogen and oxygen atoms in total. The first-order valence-electron chi connectivity index (χ1n) is 7.80. The number of hydrogen-bond acceptors (Lipinski definition) is 5. The van der Waals surface area contributed by atoms with Crippen molar-refractivity contribution in [3.8, 4) is 11.6 Å². The van der Waals surface area contributed by atoms with Gasteiger partial charge in [-0.1, -0.05) is 35.5 Å². The predicted octanol–water partition coefficient (Wildman–Crippen LogP) is 2.00. The standard InChI is InChI=1S/C17H17N5O2/c1-11-8-14(24-20-11)16-19-18-15-10-21(2)17(23)13(22(15)16)9-12-6-4-3-5-7-12/h3-8,13H,9-10H2,1-2H3/t13-/m1/s1. The van der Waals surface area contributed by atoms with Crippen molar-refractivity contribution in [2.75, 3.05) is 7.05 Å². The number of fused-ring (bicyclic) bond motifs is 1. The van der Waals surface area contributed by atoms with E-state index in [1.807, 2.05) is 41.8 Å². The molecule has 1 aliphatic heterocycles.